The molecule has 3 aromatic heterocycles. The first-order valence-corrected chi connectivity index (χ1v) is 10.5. The molecule has 142 valence electrons. The lowest BCUT2D eigenvalue weighted by molar-refractivity contribution is 0.313. The minimum absolute atomic E-state index is 0.541. The van der Waals surface area contributed by atoms with Crippen LogP contribution in [0.3, 0.4) is 0 Å². The zero-order chi connectivity index (χ0) is 19.1. The van der Waals surface area contributed by atoms with Gasteiger partial charge in [-0.1, -0.05) is 0 Å². The molecule has 1 aliphatic heterocycles. The van der Waals surface area contributed by atoms with E-state index in [2.05, 4.69) is 50.3 Å². The summed E-state index contributed by atoms with van der Waals surface area (Å²) in [4.78, 5) is 14.7. The van der Waals surface area contributed by atoms with Crippen LogP contribution in [-0.2, 0) is 0 Å². The van der Waals surface area contributed by atoms with Crippen molar-refractivity contribution in [1.29, 1.82) is 5.26 Å². The summed E-state index contributed by atoms with van der Waals surface area (Å²) >= 11 is 1.55. The highest BCUT2D eigenvalue weighted by Gasteiger charge is 2.30. The summed E-state index contributed by atoms with van der Waals surface area (Å²) in [5.74, 6) is 2.10. The highest BCUT2D eigenvalue weighted by molar-refractivity contribution is 7.19. The molecule has 4 heterocycles. The smallest absolute Gasteiger partial charge is 0.132 e. The maximum atomic E-state index is 9.46. The third-order valence-electron chi connectivity index (χ3n) is 5.57. The second kappa shape index (κ2) is 7.04. The Kier molecular flexibility index (Phi) is 4.38. The van der Waals surface area contributed by atoms with Crippen molar-refractivity contribution in [1.82, 2.24) is 14.9 Å². The summed E-state index contributed by atoms with van der Waals surface area (Å²) in [6.45, 7) is 4.23. The molecule has 0 bridgehead atoms. The summed E-state index contributed by atoms with van der Waals surface area (Å²) in [5.41, 5.74) is 2.38. The van der Waals surface area contributed by atoms with Crippen molar-refractivity contribution in [2.45, 2.75) is 18.8 Å². The lowest BCUT2D eigenvalue weighted by atomic mass is 10.1. The van der Waals surface area contributed by atoms with Crippen LogP contribution in [0.4, 0.5) is 17.3 Å². The highest BCUT2D eigenvalue weighted by Crippen LogP contribution is 2.48. The second-order valence-corrected chi connectivity index (χ2v) is 8.67. The Hall–Kier alpha value is -2.69. The molecule has 1 N–H and O–H groups in total. The van der Waals surface area contributed by atoms with Gasteiger partial charge in [-0.15, -0.1) is 11.3 Å². The van der Waals surface area contributed by atoms with Gasteiger partial charge in [0.1, 0.15) is 22.6 Å². The van der Waals surface area contributed by atoms with Crippen molar-refractivity contribution in [3.05, 3.63) is 41.0 Å². The van der Waals surface area contributed by atoms with Gasteiger partial charge in [-0.05, 0) is 49.6 Å². The number of pyridine rings is 2. The molecule has 3 aromatic rings. The van der Waals surface area contributed by atoms with E-state index in [4.69, 9.17) is 0 Å². The molecule has 0 radical (unpaired) electrons. The van der Waals surface area contributed by atoms with Crippen LogP contribution in [0.2, 0.25) is 0 Å². The quantitative estimate of drug-likeness (QED) is 0.728. The number of piperazine rings is 1. The zero-order valence-electron chi connectivity index (χ0n) is 15.9. The third kappa shape index (κ3) is 3.30. The van der Waals surface area contributed by atoms with E-state index in [0.717, 1.165) is 58.5 Å². The van der Waals surface area contributed by atoms with Gasteiger partial charge in [0.2, 0.25) is 0 Å². The predicted octanol–water partition coefficient (Wildman–Crippen LogP) is 3.94. The van der Waals surface area contributed by atoms with E-state index in [9.17, 15) is 5.26 Å². The summed E-state index contributed by atoms with van der Waals surface area (Å²) in [6.07, 6.45) is 6.16. The normalized spacial score (nSPS) is 17.6. The number of fused-ring (bicyclic) bond motifs is 1. The molecule has 0 amide bonds. The molecule has 0 atom stereocenters. The molecule has 2 aliphatic rings. The molecule has 5 rings (SSSR count). The fraction of sp³-hybridized carbons (Fsp3) is 0.381. The number of likely N-dealkylation sites (N-methyl/N-ethyl adjacent to an activating group) is 1. The van der Waals surface area contributed by atoms with Crippen molar-refractivity contribution in [2.24, 2.45) is 0 Å². The molecule has 1 aliphatic carbocycles. The second-order valence-electron chi connectivity index (χ2n) is 7.61. The Morgan fingerprint density at radius 2 is 1.89 bits per heavy atom. The van der Waals surface area contributed by atoms with Crippen molar-refractivity contribution in [3.8, 4) is 6.07 Å². The summed E-state index contributed by atoms with van der Waals surface area (Å²) in [5, 5.41) is 13.9. The first-order chi connectivity index (χ1) is 13.7. The maximum absolute atomic E-state index is 9.46. The maximum Gasteiger partial charge on any atom is 0.132 e. The molecule has 0 aromatic carbocycles. The van der Waals surface area contributed by atoms with E-state index < -0.39 is 0 Å². The van der Waals surface area contributed by atoms with Crippen LogP contribution in [0.1, 0.15) is 29.2 Å². The fourth-order valence-electron chi connectivity index (χ4n) is 3.79. The first-order valence-electron chi connectivity index (χ1n) is 9.70. The Labute approximate surface area is 168 Å². The van der Waals surface area contributed by atoms with Crippen molar-refractivity contribution >= 4 is 38.7 Å². The molecule has 2 fully saturated rings. The molecule has 1 saturated heterocycles. The number of thiophene rings is 1. The van der Waals surface area contributed by atoms with E-state index in [1.165, 1.54) is 18.4 Å². The van der Waals surface area contributed by atoms with Gasteiger partial charge in [0.15, 0.2) is 0 Å². The van der Waals surface area contributed by atoms with Crippen LogP contribution in [0.25, 0.3) is 10.1 Å². The lowest BCUT2D eigenvalue weighted by Gasteiger charge is -2.33. The van der Waals surface area contributed by atoms with E-state index in [1.54, 1.807) is 11.3 Å². The van der Waals surface area contributed by atoms with Crippen LogP contribution >= 0.6 is 11.3 Å². The third-order valence-corrected chi connectivity index (χ3v) is 6.63. The Bertz CT molecular complexity index is 1040. The van der Waals surface area contributed by atoms with Gasteiger partial charge in [-0.25, -0.2) is 9.97 Å². The van der Waals surface area contributed by atoms with Crippen LogP contribution in [0, 0.1) is 11.3 Å². The SMILES string of the molecule is CN1CCN(c2ccc(Nc3cc4c(C5CC5)c(C#N)sc4cn3)nc2)CC1. The van der Waals surface area contributed by atoms with Gasteiger partial charge in [0.05, 0.1) is 16.6 Å². The standard InChI is InChI=1S/C21H22N6S/c1-26-6-8-27(9-7-26)15-4-5-19(23-12-15)25-20-10-16-18(13-24-20)28-17(11-22)21(16)14-2-3-14/h4-5,10,12-14H,2-3,6-9H2,1H3,(H,23,24,25). The largest absolute Gasteiger partial charge is 0.368 e. The number of hydrogen-bond acceptors (Lipinski definition) is 7. The molecule has 0 spiro atoms. The van der Waals surface area contributed by atoms with Crippen molar-refractivity contribution in [3.63, 3.8) is 0 Å². The van der Waals surface area contributed by atoms with Gasteiger partial charge >= 0.3 is 0 Å². The van der Waals surface area contributed by atoms with E-state index in [0.29, 0.717) is 5.92 Å². The monoisotopic (exact) mass is 390 g/mol. The van der Waals surface area contributed by atoms with Gasteiger partial charge in [0.25, 0.3) is 0 Å². The number of rotatable bonds is 4. The Balaban J connectivity index is 1.36. The lowest BCUT2D eigenvalue weighted by Crippen LogP contribution is -2.44. The number of nitrogens with one attached hydrogen (secondary N) is 1. The van der Waals surface area contributed by atoms with Gasteiger partial charge in [-0.2, -0.15) is 5.26 Å². The zero-order valence-corrected chi connectivity index (χ0v) is 16.7. The minimum Gasteiger partial charge on any atom is -0.368 e. The molecule has 6 nitrogen and oxygen atoms in total. The van der Waals surface area contributed by atoms with E-state index in [-0.39, 0.29) is 0 Å². The van der Waals surface area contributed by atoms with Crippen molar-refractivity contribution in [2.75, 3.05) is 43.4 Å². The number of nitriles is 1. The molecule has 0 unspecified atom stereocenters. The van der Waals surface area contributed by atoms with Crippen molar-refractivity contribution < 1.29 is 0 Å². The summed E-state index contributed by atoms with van der Waals surface area (Å²) in [6, 6.07) is 8.56. The van der Waals surface area contributed by atoms with Crippen LogP contribution in [0.15, 0.2) is 30.6 Å². The number of aromatic nitrogens is 2. The number of anilines is 3. The Morgan fingerprint density at radius 1 is 1.11 bits per heavy atom. The van der Waals surface area contributed by atoms with Gasteiger partial charge in [-0.3, -0.25) is 0 Å². The van der Waals surface area contributed by atoms with Gasteiger partial charge in [0, 0.05) is 37.8 Å². The summed E-state index contributed by atoms with van der Waals surface area (Å²) < 4.78 is 1.09. The average Bonchev–Trinajstić information content (AvgIpc) is 3.49. The van der Waals surface area contributed by atoms with Crippen LogP contribution in [0.5, 0.6) is 0 Å². The van der Waals surface area contributed by atoms with E-state index in [1.807, 2.05) is 18.5 Å². The number of nitrogens with zero attached hydrogens (tertiary/aromatic N) is 5. The first kappa shape index (κ1) is 17.4. The highest BCUT2D eigenvalue weighted by atomic mass is 32.1. The van der Waals surface area contributed by atoms with E-state index >= 15 is 0 Å². The average molecular weight is 391 g/mol. The van der Waals surface area contributed by atoms with Crippen LogP contribution in [-0.4, -0.2) is 48.1 Å². The van der Waals surface area contributed by atoms with Crippen LogP contribution < -0.4 is 10.2 Å². The van der Waals surface area contributed by atoms with Gasteiger partial charge < -0.3 is 15.1 Å². The number of hydrogen-bond donors (Lipinski definition) is 1. The fourth-order valence-corrected chi connectivity index (χ4v) is 4.83. The Morgan fingerprint density at radius 3 is 2.57 bits per heavy atom. The topological polar surface area (TPSA) is 68.1 Å². The minimum atomic E-state index is 0.541. The molecule has 1 saturated carbocycles. The molecule has 7 heteroatoms. The molecular weight excluding hydrogens is 368 g/mol. The molecule has 28 heavy (non-hydrogen) atoms. The summed E-state index contributed by atoms with van der Waals surface area (Å²) in [7, 11) is 2.16. The predicted molar refractivity (Wildman–Crippen MR) is 114 cm³/mol. The molecular formula is C21H22N6S.